The second-order valence-corrected chi connectivity index (χ2v) is 10.8. The molecule has 0 heterocycles. The molecule has 11 heteroatoms. The topological polar surface area (TPSA) is 105 Å². The number of carbonyl (C=O) groups is 2. The molecule has 0 aromatic heterocycles. The van der Waals surface area contributed by atoms with E-state index < -0.39 is 28.5 Å². The van der Waals surface area contributed by atoms with E-state index >= 15 is 0 Å². The Kier molecular flexibility index (Phi) is 10.2. The van der Waals surface area contributed by atoms with Crippen LogP contribution >= 0.6 is 11.6 Å². The number of para-hydroxylation sites is 1. The Hall–Kier alpha value is -3.76. The monoisotopic (exact) mass is 573 g/mol. The summed E-state index contributed by atoms with van der Waals surface area (Å²) in [6.07, 6.45) is 0. The van der Waals surface area contributed by atoms with Crippen molar-refractivity contribution < 1.29 is 27.5 Å². The van der Waals surface area contributed by atoms with Crippen LogP contribution in [0, 0.1) is 0 Å². The molecule has 2 amide bonds. The third kappa shape index (κ3) is 7.01. The maximum atomic E-state index is 13.9. The Morgan fingerprint density at radius 1 is 0.949 bits per heavy atom. The second-order valence-electron chi connectivity index (χ2n) is 8.55. The Bertz CT molecular complexity index is 1400. The molecular formula is C28H32ClN3O6S. The van der Waals surface area contributed by atoms with Crippen LogP contribution in [0.5, 0.6) is 11.5 Å². The van der Waals surface area contributed by atoms with E-state index in [1.165, 1.54) is 37.3 Å². The third-order valence-electron chi connectivity index (χ3n) is 6.08. The zero-order chi connectivity index (χ0) is 28.6. The van der Waals surface area contributed by atoms with Crippen LogP contribution in [-0.2, 0) is 26.2 Å². The van der Waals surface area contributed by atoms with Crippen molar-refractivity contribution in [1.82, 2.24) is 10.2 Å². The van der Waals surface area contributed by atoms with E-state index in [1.807, 2.05) is 0 Å². The van der Waals surface area contributed by atoms with Crippen molar-refractivity contribution in [2.75, 3.05) is 31.6 Å². The van der Waals surface area contributed by atoms with Crippen LogP contribution in [0.1, 0.15) is 19.4 Å². The van der Waals surface area contributed by atoms with Crippen LogP contribution in [-0.4, -0.2) is 58.5 Å². The van der Waals surface area contributed by atoms with Gasteiger partial charge in [0.25, 0.3) is 10.0 Å². The second kappa shape index (κ2) is 13.3. The van der Waals surface area contributed by atoms with Crippen molar-refractivity contribution in [3.63, 3.8) is 0 Å². The van der Waals surface area contributed by atoms with E-state index in [1.54, 1.807) is 68.4 Å². The normalized spacial score (nSPS) is 11.8. The lowest BCUT2D eigenvalue weighted by Crippen LogP contribution is -2.51. The van der Waals surface area contributed by atoms with Gasteiger partial charge in [-0.1, -0.05) is 48.0 Å². The van der Waals surface area contributed by atoms with E-state index in [9.17, 15) is 18.0 Å². The molecule has 0 unspecified atom stereocenters. The number of nitrogens with one attached hydrogen (secondary N) is 1. The third-order valence-corrected chi connectivity index (χ3v) is 8.22. The summed E-state index contributed by atoms with van der Waals surface area (Å²) in [4.78, 5) is 27.9. The fourth-order valence-corrected chi connectivity index (χ4v) is 5.57. The summed E-state index contributed by atoms with van der Waals surface area (Å²) in [5, 5.41) is 3.15. The van der Waals surface area contributed by atoms with Gasteiger partial charge < -0.3 is 19.7 Å². The fourth-order valence-electron chi connectivity index (χ4n) is 3.94. The molecule has 0 saturated carbocycles. The smallest absolute Gasteiger partial charge is 0.264 e. The van der Waals surface area contributed by atoms with Gasteiger partial charge >= 0.3 is 0 Å². The number of ether oxygens (including phenoxy) is 2. The van der Waals surface area contributed by atoms with E-state index in [0.29, 0.717) is 22.9 Å². The minimum atomic E-state index is -4.25. The van der Waals surface area contributed by atoms with Crippen molar-refractivity contribution >= 4 is 39.1 Å². The Balaban J connectivity index is 2.05. The lowest BCUT2D eigenvalue weighted by molar-refractivity contribution is -0.139. The van der Waals surface area contributed by atoms with E-state index in [0.717, 1.165) is 4.31 Å². The number of nitrogens with zero attached hydrogens (tertiary/aromatic N) is 2. The van der Waals surface area contributed by atoms with Crippen molar-refractivity contribution in [1.29, 1.82) is 0 Å². The van der Waals surface area contributed by atoms with Crippen LogP contribution in [0.15, 0.2) is 77.7 Å². The minimum Gasteiger partial charge on any atom is -0.493 e. The summed E-state index contributed by atoms with van der Waals surface area (Å²) < 4.78 is 39.4. The van der Waals surface area contributed by atoms with Crippen molar-refractivity contribution in [2.45, 2.75) is 31.3 Å². The Morgan fingerprint density at radius 3 is 2.21 bits per heavy atom. The predicted octanol–water partition coefficient (Wildman–Crippen LogP) is 4.11. The van der Waals surface area contributed by atoms with Crippen LogP contribution < -0.4 is 19.1 Å². The molecule has 1 N–H and O–H groups in total. The van der Waals surface area contributed by atoms with Gasteiger partial charge in [0.1, 0.15) is 12.6 Å². The van der Waals surface area contributed by atoms with Gasteiger partial charge in [-0.25, -0.2) is 8.42 Å². The molecule has 0 aliphatic rings. The molecule has 0 bridgehead atoms. The average Bonchev–Trinajstić information content (AvgIpc) is 2.95. The zero-order valence-corrected chi connectivity index (χ0v) is 23.8. The molecule has 0 aliphatic carbocycles. The molecule has 0 aliphatic heterocycles. The van der Waals surface area contributed by atoms with Gasteiger partial charge in [-0.15, -0.1) is 0 Å². The molecule has 0 saturated heterocycles. The summed E-state index contributed by atoms with van der Waals surface area (Å²) in [5.41, 5.74) is 0.904. The van der Waals surface area contributed by atoms with Gasteiger partial charge in [0.2, 0.25) is 11.8 Å². The molecule has 0 radical (unpaired) electrons. The molecule has 0 fully saturated rings. The van der Waals surface area contributed by atoms with E-state index in [4.69, 9.17) is 21.1 Å². The molecule has 39 heavy (non-hydrogen) atoms. The number of halogens is 1. The summed E-state index contributed by atoms with van der Waals surface area (Å²) in [5.74, 6) is -0.364. The van der Waals surface area contributed by atoms with Gasteiger partial charge in [0.15, 0.2) is 11.5 Å². The minimum absolute atomic E-state index is 0.00977. The molecule has 3 aromatic carbocycles. The highest BCUT2D eigenvalue weighted by atomic mass is 35.5. The largest absolute Gasteiger partial charge is 0.493 e. The number of methoxy groups -OCH3 is 2. The van der Waals surface area contributed by atoms with Crippen molar-refractivity contribution in [2.24, 2.45) is 0 Å². The lowest BCUT2D eigenvalue weighted by Gasteiger charge is -2.32. The fraction of sp³-hybridized carbons (Fsp3) is 0.286. The number of sulfonamides is 1. The number of benzene rings is 3. The Morgan fingerprint density at radius 2 is 1.59 bits per heavy atom. The molecule has 208 valence electrons. The highest BCUT2D eigenvalue weighted by Crippen LogP contribution is 2.32. The predicted molar refractivity (Wildman–Crippen MR) is 151 cm³/mol. The quantitative estimate of drug-likeness (QED) is 0.350. The highest BCUT2D eigenvalue weighted by Gasteiger charge is 2.33. The summed E-state index contributed by atoms with van der Waals surface area (Å²) in [6.45, 7) is 3.19. The molecule has 1 atom stereocenters. The average molecular weight is 574 g/mol. The number of carbonyl (C=O) groups excluding carboxylic acids is 2. The zero-order valence-electron chi connectivity index (χ0n) is 22.3. The maximum absolute atomic E-state index is 13.9. The van der Waals surface area contributed by atoms with Crippen molar-refractivity contribution in [3.05, 3.63) is 83.4 Å². The maximum Gasteiger partial charge on any atom is 0.264 e. The molecular weight excluding hydrogens is 542 g/mol. The highest BCUT2D eigenvalue weighted by molar-refractivity contribution is 7.92. The van der Waals surface area contributed by atoms with Crippen LogP contribution in [0.4, 0.5) is 5.69 Å². The standard InChI is InChI=1S/C28H32ClN3O6S/c1-5-30-28(34)20(2)31(18-21-11-9-10-14-24(21)29)27(33)19-32(22-12-7-6-8-13-22)39(35,36)23-15-16-25(37-3)26(17-23)38-4/h6-17,20H,5,18-19H2,1-4H3,(H,30,34)/t20-/m0/s1. The van der Waals surface area contributed by atoms with Gasteiger partial charge in [-0.3, -0.25) is 13.9 Å². The number of amides is 2. The number of rotatable bonds is 12. The number of hydrogen-bond acceptors (Lipinski definition) is 6. The van der Waals surface area contributed by atoms with Gasteiger partial charge in [0.05, 0.1) is 24.8 Å². The van der Waals surface area contributed by atoms with Crippen LogP contribution in [0.2, 0.25) is 5.02 Å². The number of hydrogen-bond donors (Lipinski definition) is 1. The molecule has 0 spiro atoms. The van der Waals surface area contributed by atoms with E-state index in [2.05, 4.69) is 5.32 Å². The summed E-state index contributed by atoms with van der Waals surface area (Å²) >= 11 is 6.36. The van der Waals surface area contributed by atoms with Gasteiger partial charge in [0, 0.05) is 24.2 Å². The molecule has 3 aromatic rings. The van der Waals surface area contributed by atoms with Gasteiger partial charge in [-0.05, 0) is 49.7 Å². The lowest BCUT2D eigenvalue weighted by atomic mass is 10.1. The number of likely N-dealkylation sites (N-methyl/N-ethyl adjacent to an activating group) is 1. The Labute approximate surface area is 234 Å². The van der Waals surface area contributed by atoms with Crippen LogP contribution in [0.3, 0.4) is 0 Å². The molecule has 3 rings (SSSR count). The summed E-state index contributed by atoms with van der Waals surface area (Å²) in [7, 11) is -1.40. The first-order valence-electron chi connectivity index (χ1n) is 12.2. The van der Waals surface area contributed by atoms with Crippen LogP contribution in [0.25, 0.3) is 0 Å². The SMILES string of the molecule is CCNC(=O)[C@H](C)N(Cc1ccccc1Cl)C(=O)CN(c1ccccc1)S(=O)(=O)c1ccc(OC)c(OC)c1. The molecule has 9 nitrogen and oxygen atoms in total. The first-order chi connectivity index (χ1) is 18.6. The van der Waals surface area contributed by atoms with E-state index in [-0.39, 0.29) is 28.8 Å². The first-order valence-corrected chi connectivity index (χ1v) is 14.1. The number of anilines is 1. The van der Waals surface area contributed by atoms with Gasteiger partial charge in [-0.2, -0.15) is 0 Å². The van der Waals surface area contributed by atoms with Crippen molar-refractivity contribution in [3.8, 4) is 11.5 Å². The summed E-state index contributed by atoms with van der Waals surface area (Å²) in [6, 6.07) is 18.6. The first kappa shape index (κ1) is 29.8.